The maximum atomic E-state index is 12.6. The number of aliphatic hydroxyl groups excluding tert-OH is 1. The number of nitrogens with one attached hydrogen (secondary N) is 1. The predicted octanol–water partition coefficient (Wildman–Crippen LogP) is 3.64. The van der Waals surface area contributed by atoms with Crippen LogP contribution in [-0.2, 0) is 10.0 Å². The molecule has 0 aliphatic carbocycles. The monoisotopic (exact) mass is 442 g/mol. The Morgan fingerprint density at radius 1 is 1.18 bits per heavy atom. The zero-order valence-corrected chi connectivity index (χ0v) is 17.3. The number of amides is 1. The van der Waals surface area contributed by atoms with Crippen molar-refractivity contribution in [2.45, 2.75) is 17.7 Å². The second-order valence-corrected chi connectivity index (χ2v) is 9.19. The highest BCUT2D eigenvalue weighted by Gasteiger charge is 2.24. The Labute approximate surface area is 174 Å². The zero-order valence-electron chi connectivity index (χ0n) is 14.9. The molecule has 1 heterocycles. The molecule has 0 radical (unpaired) electrons. The molecule has 2 aromatic carbocycles. The summed E-state index contributed by atoms with van der Waals surface area (Å²) >= 11 is 11.8. The van der Waals surface area contributed by atoms with E-state index in [1.165, 1.54) is 30.3 Å². The van der Waals surface area contributed by atoms with Crippen LogP contribution in [0.2, 0.25) is 10.0 Å². The summed E-state index contributed by atoms with van der Waals surface area (Å²) in [6.45, 7) is 1.24. The SMILES string of the molecule is O=C(c1ccc(NS(=O)(=O)c2cc(Cl)ccc2Cl)cc1)N1CCCC(CO)C1. The summed E-state index contributed by atoms with van der Waals surface area (Å²) in [5.74, 6) is -0.0309. The molecule has 1 fully saturated rings. The van der Waals surface area contributed by atoms with E-state index in [1.54, 1.807) is 17.0 Å². The van der Waals surface area contributed by atoms with Crippen LogP contribution in [0.15, 0.2) is 47.4 Å². The van der Waals surface area contributed by atoms with Crippen molar-refractivity contribution in [2.24, 2.45) is 5.92 Å². The number of halogens is 2. The molecule has 1 aliphatic heterocycles. The fourth-order valence-electron chi connectivity index (χ4n) is 3.16. The summed E-state index contributed by atoms with van der Waals surface area (Å²) < 4.78 is 27.5. The Morgan fingerprint density at radius 3 is 2.57 bits per heavy atom. The third-order valence-corrected chi connectivity index (χ3v) is 6.73. The molecule has 1 amide bonds. The summed E-state index contributed by atoms with van der Waals surface area (Å²) in [6, 6.07) is 10.4. The number of benzene rings is 2. The summed E-state index contributed by atoms with van der Waals surface area (Å²) in [5, 5.41) is 9.64. The molecule has 150 valence electrons. The minimum Gasteiger partial charge on any atom is -0.396 e. The molecular weight excluding hydrogens is 423 g/mol. The van der Waals surface area contributed by atoms with Crippen LogP contribution >= 0.6 is 23.2 Å². The lowest BCUT2D eigenvalue weighted by atomic mass is 9.98. The maximum absolute atomic E-state index is 12.6. The van der Waals surface area contributed by atoms with E-state index in [9.17, 15) is 18.3 Å². The molecule has 28 heavy (non-hydrogen) atoms. The van der Waals surface area contributed by atoms with Gasteiger partial charge in [-0.3, -0.25) is 9.52 Å². The number of hydrogen-bond donors (Lipinski definition) is 2. The molecule has 0 saturated carbocycles. The molecule has 0 bridgehead atoms. The van der Waals surface area contributed by atoms with E-state index in [-0.39, 0.29) is 33.4 Å². The molecule has 1 atom stereocenters. The Balaban J connectivity index is 1.74. The van der Waals surface area contributed by atoms with E-state index in [0.29, 0.717) is 24.3 Å². The molecule has 0 aromatic heterocycles. The van der Waals surface area contributed by atoms with E-state index in [2.05, 4.69) is 4.72 Å². The van der Waals surface area contributed by atoms with Crippen LogP contribution < -0.4 is 4.72 Å². The normalized spacial score (nSPS) is 17.4. The lowest BCUT2D eigenvalue weighted by molar-refractivity contribution is 0.0620. The molecule has 2 N–H and O–H groups in total. The van der Waals surface area contributed by atoms with Gasteiger partial charge in [-0.15, -0.1) is 0 Å². The third-order valence-electron chi connectivity index (χ3n) is 4.63. The van der Waals surface area contributed by atoms with Gasteiger partial charge in [0.05, 0.1) is 5.02 Å². The highest BCUT2D eigenvalue weighted by Crippen LogP contribution is 2.27. The Bertz CT molecular complexity index is 964. The number of carbonyl (C=O) groups is 1. The minimum atomic E-state index is -3.92. The van der Waals surface area contributed by atoms with Crippen molar-refractivity contribution in [3.8, 4) is 0 Å². The molecule has 6 nitrogen and oxygen atoms in total. The molecule has 0 spiro atoms. The van der Waals surface area contributed by atoms with Crippen molar-refractivity contribution in [2.75, 3.05) is 24.4 Å². The number of carbonyl (C=O) groups excluding carboxylic acids is 1. The minimum absolute atomic E-state index is 0.0623. The average molecular weight is 443 g/mol. The molecular formula is C19H20Cl2N2O4S. The summed E-state index contributed by atoms with van der Waals surface area (Å²) in [7, 11) is -3.92. The van der Waals surface area contributed by atoms with Gasteiger partial charge in [0.2, 0.25) is 0 Å². The smallest absolute Gasteiger partial charge is 0.263 e. The predicted molar refractivity (Wildman–Crippen MR) is 109 cm³/mol. The van der Waals surface area contributed by atoms with Gasteiger partial charge in [-0.25, -0.2) is 8.42 Å². The van der Waals surface area contributed by atoms with Crippen LogP contribution in [0.3, 0.4) is 0 Å². The first-order valence-electron chi connectivity index (χ1n) is 8.78. The first-order valence-corrected chi connectivity index (χ1v) is 11.0. The van der Waals surface area contributed by atoms with Crippen molar-refractivity contribution in [1.29, 1.82) is 0 Å². The molecule has 2 aromatic rings. The van der Waals surface area contributed by atoms with Gasteiger partial charge in [0, 0.05) is 36.0 Å². The van der Waals surface area contributed by atoms with Crippen molar-refractivity contribution in [3.63, 3.8) is 0 Å². The Kier molecular flexibility index (Phi) is 6.50. The first kappa shape index (κ1) is 20.9. The fraction of sp³-hybridized carbons (Fsp3) is 0.316. The quantitative estimate of drug-likeness (QED) is 0.739. The van der Waals surface area contributed by atoms with Crippen LogP contribution in [0, 0.1) is 5.92 Å². The van der Waals surface area contributed by atoms with E-state index in [0.717, 1.165) is 12.8 Å². The second-order valence-electron chi connectivity index (χ2n) is 6.70. The molecule has 1 saturated heterocycles. The summed E-state index contributed by atoms with van der Waals surface area (Å²) in [5.41, 5.74) is 0.766. The largest absolute Gasteiger partial charge is 0.396 e. The number of nitrogens with zero attached hydrogens (tertiary/aromatic N) is 1. The third kappa shape index (κ3) is 4.78. The number of likely N-dealkylation sites (tertiary alicyclic amines) is 1. The number of aliphatic hydroxyl groups is 1. The molecule has 3 rings (SSSR count). The van der Waals surface area contributed by atoms with Gasteiger partial charge < -0.3 is 10.0 Å². The zero-order chi connectivity index (χ0) is 20.3. The highest BCUT2D eigenvalue weighted by atomic mass is 35.5. The lowest BCUT2D eigenvalue weighted by Crippen LogP contribution is -2.40. The molecule has 9 heteroatoms. The van der Waals surface area contributed by atoms with Gasteiger partial charge in [0.15, 0.2) is 0 Å². The number of rotatable bonds is 5. The van der Waals surface area contributed by atoms with Crippen LogP contribution in [-0.4, -0.2) is 44.0 Å². The second kappa shape index (κ2) is 8.69. The van der Waals surface area contributed by atoms with Gasteiger partial charge in [-0.1, -0.05) is 23.2 Å². The molecule has 1 unspecified atom stereocenters. The van der Waals surface area contributed by atoms with Gasteiger partial charge in [-0.05, 0) is 61.2 Å². The van der Waals surface area contributed by atoms with Crippen molar-refractivity contribution >= 4 is 44.8 Å². The van der Waals surface area contributed by atoms with Crippen LogP contribution in [0.4, 0.5) is 5.69 Å². The van der Waals surface area contributed by atoms with Gasteiger partial charge in [-0.2, -0.15) is 0 Å². The van der Waals surface area contributed by atoms with Crippen LogP contribution in [0.1, 0.15) is 23.2 Å². The fourth-order valence-corrected chi connectivity index (χ4v) is 4.98. The number of piperidine rings is 1. The maximum Gasteiger partial charge on any atom is 0.263 e. The average Bonchev–Trinajstić information content (AvgIpc) is 2.69. The number of anilines is 1. The first-order chi connectivity index (χ1) is 13.3. The van der Waals surface area contributed by atoms with E-state index >= 15 is 0 Å². The van der Waals surface area contributed by atoms with Gasteiger partial charge >= 0.3 is 0 Å². The summed E-state index contributed by atoms with van der Waals surface area (Å²) in [6.07, 6.45) is 1.77. The highest BCUT2D eigenvalue weighted by molar-refractivity contribution is 7.92. The van der Waals surface area contributed by atoms with Crippen LogP contribution in [0.25, 0.3) is 0 Å². The van der Waals surface area contributed by atoms with E-state index in [4.69, 9.17) is 23.2 Å². The van der Waals surface area contributed by atoms with E-state index < -0.39 is 10.0 Å². The Hall–Kier alpha value is -1.80. The van der Waals surface area contributed by atoms with E-state index in [1.807, 2.05) is 0 Å². The van der Waals surface area contributed by atoms with Crippen molar-refractivity contribution in [1.82, 2.24) is 4.90 Å². The van der Waals surface area contributed by atoms with Gasteiger partial charge in [0.1, 0.15) is 4.90 Å². The lowest BCUT2D eigenvalue weighted by Gasteiger charge is -2.31. The topological polar surface area (TPSA) is 86.7 Å². The number of hydrogen-bond acceptors (Lipinski definition) is 4. The van der Waals surface area contributed by atoms with Crippen LogP contribution in [0.5, 0.6) is 0 Å². The van der Waals surface area contributed by atoms with Crippen molar-refractivity contribution in [3.05, 3.63) is 58.1 Å². The van der Waals surface area contributed by atoms with Crippen molar-refractivity contribution < 1.29 is 18.3 Å². The summed E-state index contributed by atoms with van der Waals surface area (Å²) in [4.78, 5) is 14.2. The Morgan fingerprint density at radius 2 is 1.89 bits per heavy atom. The van der Waals surface area contributed by atoms with Gasteiger partial charge in [0.25, 0.3) is 15.9 Å². The molecule has 1 aliphatic rings. The standard InChI is InChI=1S/C19H20Cl2N2O4S/c20-15-5-8-17(21)18(10-15)28(26,27)22-16-6-3-14(4-7-16)19(25)23-9-1-2-13(11-23)12-24/h3-8,10,13,22,24H,1-2,9,11-12H2. The number of sulfonamides is 1.